The maximum atomic E-state index is 10.6. The predicted molar refractivity (Wildman–Crippen MR) is 47.2 cm³/mol. The Balaban J connectivity index is 2.83. The van der Waals surface area contributed by atoms with Gasteiger partial charge in [0.25, 0.3) is 5.69 Å². The summed E-state index contributed by atoms with van der Waals surface area (Å²) in [5.74, 6) is 0. The molecule has 1 aromatic carbocycles. The summed E-state index contributed by atoms with van der Waals surface area (Å²) in [6, 6.07) is 9.09. The lowest BCUT2D eigenvalue weighted by Gasteiger charge is -1.95. The summed E-state index contributed by atoms with van der Waals surface area (Å²) < 4.78 is 0. The summed E-state index contributed by atoms with van der Waals surface area (Å²) in [5.41, 5.74) is 0.596. The van der Waals surface area contributed by atoms with Crippen LogP contribution in [0.2, 0.25) is 0 Å². The first-order chi connectivity index (χ1) is 6.29. The number of non-ortho nitro benzene ring substituents is 1. The average molecular weight is 173 g/mol. The highest BCUT2D eigenvalue weighted by Crippen LogP contribution is 2.22. The lowest BCUT2D eigenvalue weighted by atomic mass is 10.2. The van der Waals surface area contributed by atoms with Crippen LogP contribution >= 0.6 is 0 Å². The summed E-state index contributed by atoms with van der Waals surface area (Å²) in [6.45, 7) is 0. The van der Waals surface area contributed by atoms with Crippen LogP contribution in [0.15, 0.2) is 30.5 Å². The molecule has 4 heteroatoms. The fourth-order valence-electron chi connectivity index (χ4n) is 1.18. The van der Waals surface area contributed by atoms with Crippen molar-refractivity contribution in [3.8, 4) is 0 Å². The van der Waals surface area contributed by atoms with Crippen molar-refractivity contribution in [2.75, 3.05) is 0 Å². The standard InChI is InChI=1S/C9H5N2O2/c12-11(13)9-5-1-4-8-7(9)3-2-6-10-8/h1-3,5-6H. The van der Waals surface area contributed by atoms with Crippen LogP contribution in [0.1, 0.15) is 0 Å². The van der Waals surface area contributed by atoms with Crippen LogP contribution in [0, 0.1) is 16.2 Å². The third-order valence-corrected chi connectivity index (χ3v) is 1.74. The van der Waals surface area contributed by atoms with Crippen molar-refractivity contribution in [3.63, 3.8) is 0 Å². The molecule has 2 aromatic rings. The van der Waals surface area contributed by atoms with Crippen LogP contribution in [0.5, 0.6) is 0 Å². The summed E-state index contributed by atoms with van der Waals surface area (Å²) in [4.78, 5) is 14.1. The van der Waals surface area contributed by atoms with Gasteiger partial charge in [0.2, 0.25) is 0 Å². The van der Waals surface area contributed by atoms with Crippen molar-refractivity contribution in [1.82, 2.24) is 4.98 Å². The van der Waals surface area contributed by atoms with Crippen molar-refractivity contribution in [2.45, 2.75) is 0 Å². The number of nitrogens with zero attached hydrogens (tertiary/aromatic N) is 2. The van der Waals surface area contributed by atoms with E-state index >= 15 is 0 Å². The Hall–Kier alpha value is -1.97. The van der Waals surface area contributed by atoms with Crippen molar-refractivity contribution in [2.24, 2.45) is 0 Å². The van der Waals surface area contributed by atoms with Gasteiger partial charge >= 0.3 is 0 Å². The molecule has 1 aromatic heterocycles. The van der Waals surface area contributed by atoms with Crippen molar-refractivity contribution in [1.29, 1.82) is 0 Å². The lowest BCUT2D eigenvalue weighted by Crippen LogP contribution is -1.89. The molecule has 0 aliphatic heterocycles. The van der Waals surface area contributed by atoms with Crippen molar-refractivity contribution < 1.29 is 4.92 Å². The van der Waals surface area contributed by atoms with Crippen molar-refractivity contribution >= 4 is 16.6 Å². The molecule has 0 bridgehead atoms. The number of benzene rings is 1. The zero-order valence-electron chi connectivity index (χ0n) is 6.60. The summed E-state index contributed by atoms with van der Waals surface area (Å²) in [5, 5.41) is 11.1. The third-order valence-electron chi connectivity index (χ3n) is 1.74. The zero-order chi connectivity index (χ0) is 9.26. The highest BCUT2D eigenvalue weighted by molar-refractivity contribution is 5.86. The molecule has 0 amide bonds. The Kier molecular flexibility index (Phi) is 1.66. The number of rotatable bonds is 1. The monoisotopic (exact) mass is 173 g/mol. The summed E-state index contributed by atoms with van der Waals surface area (Å²) >= 11 is 0. The van der Waals surface area contributed by atoms with Crippen LogP contribution < -0.4 is 0 Å². The molecule has 0 spiro atoms. The van der Waals surface area contributed by atoms with Gasteiger partial charge in [-0.2, -0.15) is 0 Å². The van der Waals surface area contributed by atoms with E-state index in [4.69, 9.17) is 0 Å². The van der Waals surface area contributed by atoms with E-state index in [9.17, 15) is 10.1 Å². The zero-order valence-corrected chi connectivity index (χ0v) is 6.60. The van der Waals surface area contributed by atoms with Gasteiger partial charge in [0.1, 0.15) is 0 Å². The van der Waals surface area contributed by atoms with E-state index in [-0.39, 0.29) is 5.69 Å². The van der Waals surface area contributed by atoms with Crippen LogP contribution in [-0.4, -0.2) is 9.91 Å². The van der Waals surface area contributed by atoms with E-state index < -0.39 is 4.92 Å². The minimum absolute atomic E-state index is 0.0712. The van der Waals surface area contributed by atoms with Crippen LogP contribution in [-0.2, 0) is 0 Å². The highest BCUT2D eigenvalue weighted by atomic mass is 16.6. The minimum Gasteiger partial charge on any atom is -0.258 e. The van der Waals surface area contributed by atoms with Gasteiger partial charge < -0.3 is 0 Å². The molecular weight excluding hydrogens is 168 g/mol. The van der Waals surface area contributed by atoms with Gasteiger partial charge in [0.15, 0.2) is 0 Å². The smallest absolute Gasteiger partial charge is 0.258 e. The molecule has 0 saturated heterocycles. The van der Waals surface area contributed by atoms with Gasteiger partial charge in [-0.3, -0.25) is 15.1 Å². The van der Waals surface area contributed by atoms with Crippen molar-refractivity contribution in [3.05, 3.63) is 46.6 Å². The fraction of sp³-hybridized carbons (Fsp3) is 0. The first-order valence-electron chi connectivity index (χ1n) is 3.69. The van der Waals surface area contributed by atoms with Gasteiger partial charge in [-0.15, -0.1) is 0 Å². The largest absolute Gasteiger partial charge is 0.278 e. The molecule has 0 atom stereocenters. The molecule has 0 N–H and O–H groups in total. The molecule has 0 aliphatic rings. The molecule has 0 fully saturated rings. The Morgan fingerprint density at radius 3 is 3.08 bits per heavy atom. The third kappa shape index (κ3) is 1.22. The first-order valence-corrected chi connectivity index (χ1v) is 3.69. The van der Waals surface area contributed by atoms with E-state index in [1.807, 2.05) is 0 Å². The molecule has 1 heterocycles. The normalized spacial score (nSPS) is 10.2. The number of nitro benzene ring substituents is 1. The molecule has 63 valence electrons. The van der Waals surface area contributed by atoms with E-state index in [2.05, 4.69) is 11.1 Å². The maximum Gasteiger partial charge on any atom is 0.278 e. The van der Waals surface area contributed by atoms with Gasteiger partial charge in [-0.25, -0.2) is 0 Å². The van der Waals surface area contributed by atoms with E-state index in [1.165, 1.54) is 12.1 Å². The van der Waals surface area contributed by atoms with Gasteiger partial charge in [-0.1, -0.05) is 0 Å². The van der Waals surface area contributed by atoms with Crippen LogP contribution in [0.4, 0.5) is 5.69 Å². The Labute approximate surface area is 74.0 Å². The summed E-state index contributed by atoms with van der Waals surface area (Å²) in [7, 11) is 0. The molecule has 1 radical (unpaired) electrons. The second-order valence-corrected chi connectivity index (χ2v) is 2.52. The van der Waals surface area contributed by atoms with Crippen LogP contribution in [0.3, 0.4) is 0 Å². The predicted octanol–water partition coefficient (Wildman–Crippen LogP) is 1.94. The number of fused-ring (bicyclic) bond motifs is 1. The number of nitro groups is 1. The average Bonchev–Trinajstić information content (AvgIpc) is 2.17. The molecule has 0 aliphatic carbocycles. The SMILES string of the molecule is O=[N+]([O-])c1cc[c]c2ncccc12. The molecule has 2 rings (SSSR count). The topological polar surface area (TPSA) is 56.0 Å². The highest BCUT2D eigenvalue weighted by Gasteiger charge is 2.10. The summed E-state index contributed by atoms with van der Waals surface area (Å²) in [6.07, 6.45) is 1.59. The quantitative estimate of drug-likeness (QED) is 0.489. The number of hydrogen-bond acceptors (Lipinski definition) is 3. The van der Waals surface area contributed by atoms with Gasteiger partial charge in [-0.05, 0) is 18.2 Å². The molecule has 13 heavy (non-hydrogen) atoms. The number of hydrogen-bond donors (Lipinski definition) is 0. The van der Waals surface area contributed by atoms with E-state index in [1.54, 1.807) is 18.3 Å². The van der Waals surface area contributed by atoms with Gasteiger partial charge in [0, 0.05) is 18.3 Å². The second-order valence-electron chi connectivity index (χ2n) is 2.52. The molecule has 0 unspecified atom stereocenters. The Morgan fingerprint density at radius 2 is 2.31 bits per heavy atom. The maximum absolute atomic E-state index is 10.6. The Morgan fingerprint density at radius 1 is 1.46 bits per heavy atom. The molecule has 4 nitrogen and oxygen atoms in total. The van der Waals surface area contributed by atoms with E-state index in [0.717, 1.165) is 0 Å². The minimum atomic E-state index is -0.419. The van der Waals surface area contributed by atoms with Crippen LogP contribution in [0.25, 0.3) is 10.9 Å². The second kappa shape index (κ2) is 2.82. The fourth-order valence-corrected chi connectivity index (χ4v) is 1.18. The molecule has 0 saturated carbocycles. The Bertz CT molecular complexity index is 463. The number of pyridine rings is 1. The lowest BCUT2D eigenvalue weighted by molar-refractivity contribution is -0.383. The number of aromatic nitrogens is 1. The van der Waals surface area contributed by atoms with Gasteiger partial charge in [0.05, 0.1) is 15.8 Å². The first kappa shape index (κ1) is 7.67. The van der Waals surface area contributed by atoms with E-state index in [0.29, 0.717) is 10.9 Å². The molecular formula is C9H5N2O2.